The first-order chi connectivity index (χ1) is 9.13. The van der Waals surface area contributed by atoms with E-state index in [1.807, 2.05) is 35.7 Å². The van der Waals surface area contributed by atoms with Gasteiger partial charge in [-0.15, -0.1) is 0 Å². The van der Waals surface area contributed by atoms with Crippen LogP contribution in [0.25, 0.3) is 5.65 Å². The number of halogens is 1. The van der Waals surface area contributed by atoms with Crippen molar-refractivity contribution in [2.45, 2.75) is 6.92 Å². The molecule has 0 saturated carbocycles. The number of nitrogens with two attached hydrogens (primary N) is 1. The normalized spacial score (nSPS) is 10.8. The molecule has 3 aromatic rings. The van der Waals surface area contributed by atoms with E-state index in [1.165, 1.54) is 0 Å². The summed E-state index contributed by atoms with van der Waals surface area (Å²) in [4.78, 5) is 8.50. The fourth-order valence-electron chi connectivity index (χ4n) is 1.88. The van der Waals surface area contributed by atoms with Crippen LogP contribution in [-0.4, -0.2) is 14.4 Å². The van der Waals surface area contributed by atoms with Gasteiger partial charge in [0, 0.05) is 12.4 Å². The summed E-state index contributed by atoms with van der Waals surface area (Å²) in [6, 6.07) is 5.77. The second-order valence-corrected chi connectivity index (χ2v) is 4.69. The monoisotopic (exact) mass is 273 g/mol. The molecule has 0 fully saturated rings. The van der Waals surface area contributed by atoms with Gasteiger partial charge < -0.3 is 15.5 Å². The average Bonchev–Trinajstić information content (AvgIpc) is 2.80. The zero-order valence-corrected chi connectivity index (χ0v) is 11.0. The van der Waals surface area contributed by atoms with Crippen molar-refractivity contribution in [2.24, 2.45) is 0 Å². The standard InChI is InChI=1S/C13H12ClN5/c1-8-2-3-10(9(14)6-8)17-12-13-16-4-5-19(13)7-11(15)18-12/h2-7H,15H2,1H3,(H,17,18). The van der Waals surface area contributed by atoms with Gasteiger partial charge in [-0.3, -0.25) is 0 Å². The van der Waals surface area contributed by atoms with Gasteiger partial charge in [0.15, 0.2) is 11.5 Å². The lowest BCUT2D eigenvalue weighted by Gasteiger charge is -2.10. The van der Waals surface area contributed by atoms with Gasteiger partial charge in [0.1, 0.15) is 5.82 Å². The van der Waals surface area contributed by atoms with Crippen LogP contribution in [0.1, 0.15) is 5.56 Å². The molecule has 19 heavy (non-hydrogen) atoms. The number of nitrogens with zero attached hydrogens (tertiary/aromatic N) is 3. The number of aromatic nitrogens is 3. The van der Waals surface area contributed by atoms with Crippen LogP contribution in [0.15, 0.2) is 36.8 Å². The summed E-state index contributed by atoms with van der Waals surface area (Å²) in [5.41, 5.74) is 8.34. The Morgan fingerprint density at radius 2 is 2.21 bits per heavy atom. The van der Waals surface area contributed by atoms with Crippen molar-refractivity contribution in [3.63, 3.8) is 0 Å². The molecule has 0 aliphatic heterocycles. The molecule has 2 aromatic heterocycles. The first-order valence-corrected chi connectivity index (χ1v) is 6.13. The smallest absolute Gasteiger partial charge is 0.180 e. The summed E-state index contributed by atoms with van der Waals surface area (Å²) < 4.78 is 1.81. The lowest BCUT2D eigenvalue weighted by Crippen LogP contribution is -2.02. The molecule has 0 bridgehead atoms. The second-order valence-electron chi connectivity index (χ2n) is 4.28. The van der Waals surface area contributed by atoms with E-state index in [0.29, 0.717) is 22.3 Å². The molecule has 0 aliphatic rings. The Balaban J connectivity index is 2.07. The number of imidazole rings is 1. The molecule has 3 N–H and O–H groups in total. The third-order valence-electron chi connectivity index (χ3n) is 2.77. The number of nitrogen functional groups attached to an aromatic ring is 1. The summed E-state index contributed by atoms with van der Waals surface area (Å²) in [7, 11) is 0. The second kappa shape index (κ2) is 4.44. The third-order valence-corrected chi connectivity index (χ3v) is 3.08. The van der Waals surface area contributed by atoms with Crippen LogP contribution in [0.5, 0.6) is 0 Å². The van der Waals surface area contributed by atoms with Crippen molar-refractivity contribution in [2.75, 3.05) is 11.1 Å². The molecule has 0 amide bonds. The Morgan fingerprint density at radius 1 is 1.37 bits per heavy atom. The largest absolute Gasteiger partial charge is 0.382 e. The van der Waals surface area contributed by atoms with E-state index in [2.05, 4.69) is 15.3 Å². The molecule has 0 unspecified atom stereocenters. The Hall–Kier alpha value is -2.27. The Bertz CT molecular complexity index is 750. The molecule has 0 saturated heterocycles. The van der Waals surface area contributed by atoms with Crippen molar-refractivity contribution in [3.8, 4) is 0 Å². The topological polar surface area (TPSA) is 68.2 Å². The minimum atomic E-state index is 0.413. The van der Waals surface area contributed by atoms with E-state index in [-0.39, 0.29) is 0 Å². The van der Waals surface area contributed by atoms with E-state index >= 15 is 0 Å². The van der Waals surface area contributed by atoms with Gasteiger partial charge in [0.25, 0.3) is 0 Å². The van der Waals surface area contributed by atoms with Crippen LogP contribution >= 0.6 is 11.6 Å². The maximum atomic E-state index is 6.20. The molecule has 96 valence electrons. The van der Waals surface area contributed by atoms with E-state index in [0.717, 1.165) is 11.3 Å². The Labute approximate surface area is 115 Å². The summed E-state index contributed by atoms with van der Waals surface area (Å²) >= 11 is 6.20. The number of hydrogen-bond donors (Lipinski definition) is 2. The Kier molecular flexibility index (Phi) is 2.76. The number of aryl methyl sites for hydroxylation is 1. The molecule has 5 nitrogen and oxygen atoms in total. The van der Waals surface area contributed by atoms with Crippen molar-refractivity contribution >= 4 is 34.6 Å². The van der Waals surface area contributed by atoms with Gasteiger partial charge in [-0.25, -0.2) is 9.97 Å². The van der Waals surface area contributed by atoms with Gasteiger partial charge in [-0.1, -0.05) is 17.7 Å². The quantitative estimate of drug-likeness (QED) is 0.753. The number of benzene rings is 1. The molecule has 3 rings (SSSR count). The van der Waals surface area contributed by atoms with Gasteiger partial charge in [0.2, 0.25) is 0 Å². The molecular formula is C13H12ClN5. The fourth-order valence-corrected chi connectivity index (χ4v) is 2.17. The highest BCUT2D eigenvalue weighted by atomic mass is 35.5. The van der Waals surface area contributed by atoms with Gasteiger partial charge in [0.05, 0.1) is 16.9 Å². The maximum Gasteiger partial charge on any atom is 0.180 e. The minimum Gasteiger partial charge on any atom is -0.382 e. The lowest BCUT2D eigenvalue weighted by molar-refractivity contribution is 1.14. The van der Waals surface area contributed by atoms with Crippen molar-refractivity contribution < 1.29 is 0 Å². The van der Waals surface area contributed by atoms with Crippen LogP contribution in [0.2, 0.25) is 5.02 Å². The fraction of sp³-hybridized carbons (Fsp3) is 0.0769. The van der Waals surface area contributed by atoms with E-state index < -0.39 is 0 Å². The van der Waals surface area contributed by atoms with Crippen molar-refractivity contribution in [1.29, 1.82) is 0 Å². The van der Waals surface area contributed by atoms with Gasteiger partial charge in [-0.05, 0) is 24.6 Å². The summed E-state index contributed by atoms with van der Waals surface area (Å²) in [5.74, 6) is 0.993. The van der Waals surface area contributed by atoms with E-state index in [1.54, 1.807) is 12.4 Å². The number of hydrogen-bond acceptors (Lipinski definition) is 4. The molecule has 0 aliphatic carbocycles. The number of anilines is 3. The molecule has 0 spiro atoms. The van der Waals surface area contributed by atoms with Crippen LogP contribution in [0.3, 0.4) is 0 Å². The van der Waals surface area contributed by atoms with E-state index in [4.69, 9.17) is 17.3 Å². The average molecular weight is 274 g/mol. The highest BCUT2D eigenvalue weighted by molar-refractivity contribution is 6.33. The van der Waals surface area contributed by atoms with Crippen LogP contribution in [0, 0.1) is 6.92 Å². The number of rotatable bonds is 2. The maximum absolute atomic E-state index is 6.20. The van der Waals surface area contributed by atoms with E-state index in [9.17, 15) is 0 Å². The van der Waals surface area contributed by atoms with Gasteiger partial charge in [-0.2, -0.15) is 0 Å². The molecular weight excluding hydrogens is 262 g/mol. The minimum absolute atomic E-state index is 0.413. The highest BCUT2D eigenvalue weighted by Crippen LogP contribution is 2.27. The summed E-state index contributed by atoms with van der Waals surface area (Å²) in [6.07, 6.45) is 5.22. The van der Waals surface area contributed by atoms with Gasteiger partial charge >= 0.3 is 0 Å². The van der Waals surface area contributed by atoms with Crippen LogP contribution < -0.4 is 11.1 Å². The first kappa shape index (κ1) is 11.8. The van der Waals surface area contributed by atoms with Crippen molar-refractivity contribution in [3.05, 3.63) is 47.4 Å². The summed E-state index contributed by atoms with van der Waals surface area (Å²) in [6.45, 7) is 1.99. The highest BCUT2D eigenvalue weighted by Gasteiger charge is 2.08. The SMILES string of the molecule is Cc1ccc(Nc2nc(N)cn3ccnc23)c(Cl)c1. The third kappa shape index (κ3) is 2.20. The molecule has 1 aromatic carbocycles. The molecule has 0 radical (unpaired) electrons. The molecule has 2 heterocycles. The first-order valence-electron chi connectivity index (χ1n) is 5.76. The number of nitrogens with one attached hydrogen (secondary N) is 1. The van der Waals surface area contributed by atoms with Crippen LogP contribution in [-0.2, 0) is 0 Å². The summed E-state index contributed by atoms with van der Waals surface area (Å²) in [5, 5.41) is 3.80. The molecule has 0 atom stereocenters. The molecule has 6 heteroatoms. The lowest BCUT2D eigenvalue weighted by atomic mass is 10.2. The zero-order valence-electron chi connectivity index (χ0n) is 10.3. The van der Waals surface area contributed by atoms with Crippen molar-refractivity contribution in [1.82, 2.24) is 14.4 Å². The Morgan fingerprint density at radius 3 is 3.00 bits per heavy atom. The predicted molar refractivity (Wildman–Crippen MR) is 76.9 cm³/mol. The van der Waals surface area contributed by atoms with Crippen LogP contribution in [0.4, 0.5) is 17.3 Å². The zero-order chi connectivity index (χ0) is 13.4. The predicted octanol–water partition coefficient (Wildman–Crippen LogP) is 3.02. The number of fused-ring (bicyclic) bond motifs is 1.